The number of ether oxygens (including phenoxy) is 1. The molecule has 0 bridgehead atoms. The molecule has 6 nitrogen and oxygen atoms in total. The lowest BCUT2D eigenvalue weighted by Crippen LogP contribution is -2.41. The van der Waals surface area contributed by atoms with Crippen LogP contribution in [0.4, 0.5) is 4.79 Å². The molecule has 2 aliphatic rings. The van der Waals surface area contributed by atoms with E-state index in [-0.39, 0.29) is 18.2 Å². The zero-order valence-corrected chi connectivity index (χ0v) is 10.9. The molecule has 2 saturated heterocycles. The van der Waals surface area contributed by atoms with Gasteiger partial charge in [0.15, 0.2) is 0 Å². The van der Waals surface area contributed by atoms with Gasteiger partial charge in [-0.05, 0) is 18.6 Å². The molecule has 2 aliphatic heterocycles. The standard InChI is InChI=1S/C13H20N4O2/c18-13-16-12(11-2-1-4-15-11)9-17(13)6-3-10-8-14-5-7-19-10/h1-2,4,10,12,14-15H,3,5-9H2,(H,16,18). The molecule has 19 heavy (non-hydrogen) atoms. The number of nitrogens with zero attached hydrogens (tertiary/aromatic N) is 1. The van der Waals surface area contributed by atoms with Gasteiger partial charge in [0.2, 0.25) is 0 Å². The third-order valence-corrected chi connectivity index (χ3v) is 3.71. The highest BCUT2D eigenvalue weighted by molar-refractivity contribution is 5.77. The zero-order valence-electron chi connectivity index (χ0n) is 10.9. The Balaban J connectivity index is 1.50. The van der Waals surface area contributed by atoms with Gasteiger partial charge in [-0.15, -0.1) is 0 Å². The van der Waals surface area contributed by atoms with Crippen LogP contribution in [0.3, 0.4) is 0 Å². The number of aromatic amines is 1. The second-order valence-electron chi connectivity index (χ2n) is 5.06. The minimum atomic E-state index is 0.0170. The van der Waals surface area contributed by atoms with Crippen molar-refractivity contribution in [2.45, 2.75) is 18.6 Å². The third-order valence-electron chi connectivity index (χ3n) is 3.71. The van der Waals surface area contributed by atoms with Crippen molar-refractivity contribution in [2.75, 3.05) is 32.8 Å². The Labute approximate surface area is 112 Å². The van der Waals surface area contributed by atoms with Crippen molar-refractivity contribution in [3.8, 4) is 0 Å². The normalized spacial score (nSPS) is 27.6. The number of carbonyl (C=O) groups is 1. The van der Waals surface area contributed by atoms with Crippen molar-refractivity contribution in [2.24, 2.45) is 0 Å². The van der Waals surface area contributed by atoms with E-state index < -0.39 is 0 Å². The van der Waals surface area contributed by atoms with Crippen molar-refractivity contribution < 1.29 is 9.53 Å². The van der Waals surface area contributed by atoms with E-state index in [0.717, 1.165) is 44.9 Å². The van der Waals surface area contributed by atoms with Gasteiger partial charge in [-0.1, -0.05) is 0 Å². The summed E-state index contributed by atoms with van der Waals surface area (Å²) < 4.78 is 5.65. The van der Waals surface area contributed by atoms with Crippen LogP contribution in [0.5, 0.6) is 0 Å². The molecule has 0 aromatic carbocycles. The van der Waals surface area contributed by atoms with Gasteiger partial charge in [-0.2, -0.15) is 0 Å². The molecule has 2 atom stereocenters. The van der Waals surface area contributed by atoms with Crippen molar-refractivity contribution >= 4 is 6.03 Å². The van der Waals surface area contributed by atoms with Crippen LogP contribution in [-0.2, 0) is 4.74 Å². The van der Waals surface area contributed by atoms with Crippen molar-refractivity contribution in [3.63, 3.8) is 0 Å². The predicted octanol–water partition coefficient (Wildman–Crippen LogP) is 0.460. The van der Waals surface area contributed by atoms with E-state index in [2.05, 4.69) is 15.6 Å². The molecule has 1 aromatic heterocycles. The van der Waals surface area contributed by atoms with E-state index in [9.17, 15) is 4.79 Å². The average Bonchev–Trinajstić information content (AvgIpc) is 3.07. The molecule has 2 unspecified atom stereocenters. The van der Waals surface area contributed by atoms with E-state index >= 15 is 0 Å². The van der Waals surface area contributed by atoms with Gasteiger partial charge < -0.3 is 25.3 Å². The maximum absolute atomic E-state index is 11.9. The minimum absolute atomic E-state index is 0.0170. The van der Waals surface area contributed by atoms with Crippen LogP contribution >= 0.6 is 0 Å². The zero-order chi connectivity index (χ0) is 13.1. The number of morpholine rings is 1. The Kier molecular flexibility index (Phi) is 3.70. The Morgan fingerprint density at radius 1 is 1.47 bits per heavy atom. The molecule has 3 N–H and O–H groups in total. The number of hydrogen-bond donors (Lipinski definition) is 3. The van der Waals surface area contributed by atoms with E-state index in [0.29, 0.717) is 0 Å². The summed E-state index contributed by atoms with van der Waals surface area (Å²) in [6.07, 6.45) is 3.00. The van der Waals surface area contributed by atoms with Crippen molar-refractivity contribution in [1.29, 1.82) is 0 Å². The number of aromatic nitrogens is 1. The fourth-order valence-electron chi connectivity index (χ4n) is 2.62. The number of amides is 2. The van der Waals surface area contributed by atoms with Gasteiger partial charge in [-0.25, -0.2) is 4.79 Å². The molecule has 0 aliphatic carbocycles. The van der Waals surface area contributed by atoms with Crippen LogP contribution in [-0.4, -0.2) is 54.8 Å². The van der Waals surface area contributed by atoms with Gasteiger partial charge in [0, 0.05) is 38.1 Å². The quantitative estimate of drug-likeness (QED) is 0.740. The summed E-state index contributed by atoms with van der Waals surface area (Å²) in [5, 5.41) is 6.30. The molecular formula is C13H20N4O2. The van der Waals surface area contributed by atoms with Gasteiger partial charge >= 0.3 is 6.03 Å². The highest BCUT2D eigenvalue weighted by Gasteiger charge is 2.30. The smallest absolute Gasteiger partial charge is 0.318 e. The van der Waals surface area contributed by atoms with Gasteiger partial charge in [0.1, 0.15) is 0 Å². The fourth-order valence-corrected chi connectivity index (χ4v) is 2.62. The second kappa shape index (κ2) is 5.63. The lowest BCUT2D eigenvalue weighted by Gasteiger charge is -2.25. The largest absolute Gasteiger partial charge is 0.376 e. The van der Waals surface area contributed by atoms with Crippen LogP contribution < -0.4 is 10.6 Å². The number of hydrogen-bond acceptors (Lipinski definition) is 3. The topological polar surface area (TPSA) is 69.4 Å². The minimum Gasteiger partial charge on any atom is -0.376 e. The highest BCUT2D eigenvalue weighted by atomic mass is 16.5. The van der Waals surface area contributed by atoms with Crippen LogP contribution in [0.15, 0.2) is 18.3 Å². The number of carbonyl (C=O) groups excluding carboxylic acids is 1. The van der Waals surface area contributed by atoms with E-state index in [1.54, 1.807) is 0 Å². The molecule has 1 aromatic rings. The van der Waals surface area contributed by atoms with Crippen LogP contribution in [0.1, 0.15) is 18.2 Å². The average molecular weight is 264 g/mol. The molecule has 104 valence electrons. The lowest BCUT2D eigenvalue weighted by molar-refractivity contribution is 0.0201. The second-order valence-corrected chi connectivity index (χ2v) is 5.06. The highest BCUT2D eigenvalue weighted by Crippen LogP contribution is 2.19. The molecule has 0 saturated carbocycles. The molecule has 2 fully saturated rings. The molecule has 3 heterocycles. The van der Waals surface area contributed by atoms with Crippen LogP contribution in [0.25, 0.3) is 0 Å². The maximum atomic E-state index is 11.9. The molecular weight excluding hydrogens is 244 g/mol. The Morgan fingerprint density at radius 2 is 2.42 bits per heavy atom. The predicted molar refractivity (Wildman–Crippen MR) is 70.9 cm³/mol. The fraction of sp³-hybridized carbons (Fsp3) is 0.615. The van der Waals surface area contributed by atoms with E-state index in [1.165, 1.54) is 0 Å². The summed E-state index contributed by atoms with van der Waals surface area (Å²) in [6.45, 7) is 4.04. The summed E-state index contributed by atoms with van der Waals surface area (Å²) in [5.41, 5.74) is 1.06. The van der Waals surface area contributed by atoms with E-state index in [1.807, 2.05) is 23.2 Å². The molecule has 3 rings (SSSR count). The molecule has 0 radical (unpaired) electrons. The third kappa shape index (κ3) is 2.90. The Bertz CT molecular complexity index is 414. The monoisotopic (exact) mass is 264 g/mol. The number of urea groups is 1. The summed E-state index contributed by atoms with van der Waals surface area (Å²) in [6, 6.07) is 4.05. The first-order valence-corrected chi connectivity index (χ1v) is 6.84. The van der Waals surface area contributed by atoms with Gasteiger partial charge in [-0.3, -0.25) is 0 Å². The molecule has 2 amide bonds. The summed E-state index contributed by atoms with van der Waals surface area (Å²) in [4.78, 5) is 16.9. The molecule has 0 spiro atoms. The number of H-pyrrole nitrogens is 1. The SMILES string of the molecule is O=C1NC(c2ccc[nH]2)CN1CCC1CNCCO1. The van der Waals surface area contributed by atoms with Gasteiger partial charge in [0.25, 0.3) is 0 Å². The number of nitrogens with one attached hydrogen (secondary N) is 3. The molecule has 6 heteroatoms. The number of rotatable bonds is 4. The summed E-state index contributed by atoms with van der Waals surface area (Å²) >= 11 is 0. The first kappa shape index (κ1) is 12.5. The summed E-state index contributed by atoms with van der Waals surface area (Å²) in [5.74, 6) is 0. The Hall–Kier alpha value is -1.53. The first-order chi connectivity index (χ1) is 9.33. The van der Waals surface area contributed by atoms with Crippen molar-refractivity contribution in [1.82, 2.24) is 20.5 Å². The van der Waals surface area contributed by atoms with Crippen LogP contribution in [0.2, 0.25) is 0 Å². The van der Waals surface area contributed by atoms with E-state index in [4.69, 9.17) is 4.74 Å². The lowest BCUT2D eigenvalue weighted by atomic mass is 10.2. The van der Waals surface area contributed by atoms with Gasteiger partial charge in [0.05, 0.1) is 18.8 Å². The summed E-state index contributed by atoms with van der Waals surface area (Å²) in [7, 11) is 0. The van der Waals surface area contributed by atoms with Crippen LogP contribution in [0, 0.1) is 0 Å². The first-order valence-electron chi connectivity index (χ1n) is 6.84. The Morgan fingerprint density at radius 3 is 3.16 bits per heavy atom. The van der Waals surface area contributed by atoms with Crippen molar-refractivity contribution in [3.05, 3.63) is 24.0 Å². The maximum Gasteiger partial charge on any atom is 0.318 e.